The van der Waals surface area contributed by atoms with Crippen LogP contribution in [0.3, 0.4) is 0 Å². The number of benzene rings is 1. The normalized spacial score (nSPS) is 17.7. The van der Waals surface area contributed by atoms with E-state index in [1.807, 2.05) is 13.0 Å². The molecule has 0 radical (unpaired) electrons. The summed E-state index contributed by atoms with van der Waals surface area (Å²) in [6, 6.07) is 5.26. The maximum absolute atomic E-state index is 12.5. The van der Waals surface area contributed by atoms with Gasteiger partial charge in [0.25, 0.3) is 0 Å². The lowest BCUT2D eigenvalue weighted by atomic mass is 10.1. The van der Waals surface area contributed by atoms with Crippen molar-refractivity contribution in [3.63, 3.8) is 0 Å². The Balaban J connectivity index is 0.00000420. The highest BCUT2D eigenvalue weighted by Gasteiger charge is 2.29. The van der Waals surface area contributed by atoms with E-state index in [4.69, 9.17) is 4.74 Å². The van der Waals surface area contributed by atoms with Crippen LogP contribution in [0.15, 0.2) is 23.2 Å². The SMILES string of the molecule is CCCN1CCC(CNC(=NC)NCc2ccc(C)cc2OCC(F)(F)F)C1.I. The van der Waals surface area contributed by atoms with Gasteiger partial charge in [0.1, 0.15) is 5.75 Å². The molecule has 1 aromatic carbocycles. The third-order valence-corrected chi connectivity index (χ3v) is 4.75. The Morgan fingerprint density at radius 3 is 2.72 bits per heavy atom. The Morgan fingerprint density at radius 2 is 2.07 bits per heavy atom. The van der Waals surface area contributed by atoms with Crippen LogP contribution in [-0.4, -0.2) is 56.9 Å². The molecule has 2 N–H and O–H groups in total. The molecule has 1 unspecified atom stereocenters. The summed E-state index contributed by atoms with van der Waals surface area (Å²) in [5, 5.41) is 6.49. The monoisotopic (exact) mass is 528 g/mol. The predicted octanol–water partition coefficient (Wildman–Crippen LogP) is 3.95. The summed E-state index contributed by atoms with van der Waals surface area (Å²) in [7, 11) is 1.68. The van der Waals surface area contributed by atoms with Gasteiger partial charge in [-0.15, -0.1) is 24.0 Å². The second-order valence-electron chi connectivity index (χ2n) is 7.28. The maximum Gasteiger partial charge on any atom is 0.422 e. The van der Waals surface area contributed by atoms with Crippen molar-refractivity contribution < 1.29 is 17.9 Å². The van der Waals surface area contributed by atoms with Crippen LogP contribution in [0.25, 0.3) is 0 Å². The van der Waals surface area contributed by atoms with Gasteiger partial charge in [-0.2, -0.15) is 13.2 Å². The van der Waals surface area contributed by atoms with Crippen LogP contribution >= 0.6 is 24.0 Å². The summed E-state index contributed by atoms with van der Waals surface area (Å²) in [6.45, 7) is 7.23. The maximum atomic E-state index is 12.5. The molecule has 0 saturated carbocycles. The van der Waals surface area contributed by atoms with E-state index in [0.29, 0.717) is 24.0 Å². The molecule has 1 aliphatic rings. The first-order chi connectivity index (χ1) is 13.3. The molecule has 166 valence electrons. The summed E-state index contributed by atoms with van der Waals surface area (Å²) < 4.78 is 42.5. The van der Waals surface area contributed by atoms with Crippen molar-refractivity contribution in [2.24, 2.45) is 10.9 Å². The fourth-order valence-corrected chi connectivity index (χ4v) is 3.34. The zero-order chi connectivity index (χ0) is 20.6. The molecule has 1 aliphatic heterocycles. The molecule has 0 aromatic heterocycles. The van der Waals surface area contributed by atoms with Crippen LogP contribution in [0.5, 0.6) is 5.75 Å². The number of halogens is 4. The number of nitrogens with one attached hydrogen (secondary N) is 2. The molecule has 1 fully saturated rings. The van der Waals surface area contributed by atoms with Crippen LogP contribution in [-0.2, 0) is 6.54 Å². The van der Waals surface area contributed by atoms with Gasteiger partial charge in [-0.3, -0.25) is 4.99 Å². The first kappa shape index (κ1) is 25.8. The predicted molar refractivity (Wildman–Crippen MR) is 121 cm³/mol. The van der Waals surface area contributed by atoms with E-state index in [1.54, 1.807) is 19.2 Å². The van der Waals surface area contributed by atoms with Crippen molar-refractivity contribution in [1.82, 2.24) is 15.5 Å². The van der Waals surface area contributed by atoms with Gasteiger partial charge in [-0.05, 0) is 50.4 Å². The van der Waals surface area contributed by atoms with E-state index in [-0.39, 0.29) is 29.7 Å². The average Bonchev–Trinajstić information content (AvgIpc) is 3.08. The summed E-state index contributed by atoms with van der Waals surface area (Å²) in [5.41, 5.74) is 1.51. The number of hydrogen-bond acceptors (Lipinski definition) is 3. The first-order valence-electron chi connectivity index (χ1n) is 9.76. The first-order valence-corrected chi connectivity index (χ1v) is 9.76. The topological polar surface area (TPSA) is 48.9 Å². The second-order valence-corrected chi connectivity index (χ2v) is 7.28. The number of aryl methyl sites for hydroxylation is 1. The van der Waals surface area contributed by atoms with Gasteiger partial charge in [0, 0.05) is 32.2 Å². The highest BCUT2D eigenvalue weighted by atomic mass is 127. The van der Waals surface area contributed by atoms with E-state index in [9.17, 15) is 13.2 Å². The molecule has 1 heterocycles. The van der Waals surface area contributed by atoms with Crippen molar-refractivity contribution >= 4 is 29.9 Å². The van der Waals surface area contributed by atoms with Gasteiger partial charge in [0.15, 0.2) is 12.6 Å². The number of alkyl halides is 3. The van der Waals surface area contributed by atoms with Gasteiger partial charge in [-0.25, -0.2) is 0 Å². The van der Waals surface area contributed by atoms with Gasteiger partial charge in [-0.1, -0.05) is 19.1 Å². The lowest BCUT2D eigenvalue weighted by Crippen LogP contribution is -2.40. The molecule has 0 bridgehead atoms. The minimum absolute atomic E-state index is 0. The van der Waals surface area contributed by atoms with Crippen LogP contribution < -0.4 is 15.4 Å². The standard InChI is InChI=1S/C20H31F3N4O.HI/c1-4-8-27-9-7-16(13-27)11-25-19(24-3)26-12-17-6-5-15(2)10-18(17)28-14-20(21,22)23;/h5-6,10,16H,4,7-9,11-14H2,1-3H3,(H2,24,25,26);1H. The zero-order valence-electron chi connectivity index (χ0n) is 17.3. The number of nitrogens with zero attached hydrogens (tertiary/aromatic N) is 2. The third-order valence-electron chi connectivity index (χ3n) is 4.75. The molecule has 0 amide bonds. The molecule has 1 saturated heterocycles. The Bertz CT molecular complexity index is 655. The number of aliphatic imine (C=N–C) groups is 1. The van der Waals surface area contributed by atoms with Crippen molar-refractivity contribution in [1.29, 1.82) is 0 Å². The molecule has 1 atom stereocenters. The Morgan fingerprint density at radius 1 is 1.31 bits per heavy atom. The fraction of sp³-hybridized carbons (Fsp3) is 0.650. The van der Waals surface area contributed by atoms with Crippen LogP contribution in [0.2, 0.25) is 0 Å². The molecule has 9 heteroatoms. The quantitative estimate of drug-likeness (QED) is 0.305. The van der Waals surface area contributed by atoms with Gasteiger partial charge >= 0.3 is 6.18 Å². The van der Waals surface area contributed by atoms with Gasteiger partial charge in [0.05, 0.1) is 0 Å². The summed E-state index contributed by atoms with van der Waals surface area (Å²) in [6.07, 6.45) is -2.03. The summed E-state index contributed by atoms with van der Waals surface area (Å²) in [5.74, 6) is 1.46. The lowest BCUT2D eigenvalue weighted by molar-refractivity contribution is -0.153. The fourth-order valence-electron chi connectivity index (χ4n) is 3.34. The molecule has 0 aliphatic carbocycles. The molecule has 5 nitrogen and oxygen atoms in total. The lowest BCUT2D eigenvalue weighted by Gasteiger charge is -2.18. The number of likely N-dealkylation sites (tertiary alicyclic amines) is 1. The average molecular weight is 528 g/mol. The highest BCUT2D eigenvalue weighted by Crippen LogP contribution is 2.23. The van der Waals surface area contributed by atoms with Gasteiger partial charge < -0.3 is 20.3 Å². The number of guanidine groups is 1. The Hall–Kier alpha value is -1.23. The van der Waals surface area contributed by atoms with E-state index in [2.05, 4.69) is 27.4 Å². The van der Waals surface area contributed by atoms with Crippen molar-refractivity contribution in [2.75, 3.05) is 39.8 Å². The third kappa shape index (κ3) is 9.41. The van der Waals surface area contributed by atoms with E-state index in [1.165, 1.54) is 6.42 Å². The van der Waals surface area contributed by atoms with E-state index >= 15 is 0 Å². The number of ether oxygens (including phenoxy) is 1. The van der Waals surface area contributed by atoms with Gasteiger partial charge in [0.2, 0.25) is 0 Å². The van der Waals surface area contributed by atoms with E-state index < -0.39 is 12.8 Å². The van der Waals surface area contributed by atoms with Crippen molar-refractivity contribution in [3.8, 4) is 5.75 Å². The van der Waals surface area contributed by atoms with E-state index in [0.717, 1.165) is 38.2 Å². The number of hydrogen-bond donors (Lipinski definition) is 2. The van der Waals surface area contributed by atoms with Crippen LogP contribution in [0, 0.1) is 12.8 Å². The molecule has 0 spiro atoms. The summed E-state index contributed by atoms with van der Waals surface area (Å²) >= 11 is 0. The van der Waals surface area contributed by atoms with Crippen molar-refractivity contribution in [3.05, 3.63) is 29.3 Å². The smallest absolute Gasteiger partial charge is 0.422 e. The van der Waals surface area contributed by atoms with Crippen LogP contribution in [0.1, 0.15) is 30.9 Å². The molecule has 1 aromatic rings. The van der Waals surface area contributed by atoms with Crippen LogP contribution in [0.4, 0.5) is 13.2 Å². The number of rotatable bonds is 8. The van der Waals surface area contributed by atoms with Crippen molar-refractivity contribution in [2.45, 2.75) is 39.4 Å². The zero-order valence-corrected chi connectivity index (χ0v) is 19.6. The minimum atomic E-state index is -4.36. The summed E-state index contributed by atoms with van der Waals surface area (Å²) in [4.78, 5) is 6.68. The second kappa shape index (κ2) is 12.5. The molecule has 2 rings (SSSR count). The molecule has 29 heavy (non-hydrogen) atoms. The Labute approximate surface area is 188 Å². The largest absolute Gasteiger partial charge is 0.484 e. The molecular formula is C20H32F3IN4O. The highest BCUT2D eigenvalue weighted by molar-refractivity contribution is 14.0. The molecular weight excluding hydrogens is 496 g/mol. The minimum Gasteiger partial charge on any atom is -0.484 e. The Kier molecular flexibility index (Phi) is 11.1.